The average molecular weight is 370 g/mol. The zero-order valence-corrected chi connectivity index (χ0v) is 15.1. The summed E-state index contributed by atoms with van der Waals surface area (Å²) in [5.74, 6) is -0.496. The van der Waals surface area contributed by atoms with Gasteiger partial charge in [-0.3, -0.25) is 4.31 Å². The van der Waals surface area contributed by atoms with Gasteiger partial charge in [0.05, 0.1) is 17.1 Å². The van der Waals surface area contributed by atoms with Crippen molar-refractivity contribution in [1.29, 1.82) is 0 Å². The highest BCUT2D eigenvalue weighted by Crippen LogP contribution is 2.27. The number of halogens is 1. The smallest absolute Gasteiger partial charge is 0.264 e. The van der Waals surface area contributed by atoms with E-state index in [1.165, 1.54) is 46.8 Å². The van der Waals surface area contributed by atoms with E-state index in [1.54, 1.807) is 6.07 Å². The van der Waals surface area contributed by atoms with E-state index in [9.17, 15) is 12.8 Å². The van der Waals surface area contributed by atoms with Gasteiger partial charge in [0.25, 0.3) is 10.0 Å². The van der Waals surface area contributed by atoms with Gasteiger partial charge < -0.3 is 5.73 Å². The highest BCUT2D eigenvalue weighted by atomic mass is 32.2. The molecular weight excluding hydrogens is 351 g/mol. The minimum Gasteiger partial charge on any atom is -0.399 e. The first kappa shape index (κ1) is 17.9. The van der Waals surface area contributed by atoms with Crippen LogP contribution in [0.4, 0.5) is 15.8 Å². The Morgan fingerprint density at radius 2 is 1.62 bits per heavy atom. The third kappa shape index (κ3) is 3.86. The molecular formula is C20H19FN2O2S. The first-order valence-electron chi connectivity index (χ1n) is 8.06. The molecule has 0 aliphatic rings. The molecule has 0 aliphatic heterocycles. The summed E-state index contributed by atoms with van der Waals surface area (Å²) in [6.45, 7) is 2.05. The van der Waals surface area contributed by atoms with Crippen LogP contribution in [0, 0.1) is 12.7 Å². The van der Waals surface area contributed by atoms with Crippen molar-refractivity contribution in [3.8, 4) is 0 Å². The Bertz CT molecular complexity index is 1000. The molecule has 0 atom stereocenters. The van der Waals surface area contributed by atoms with Gasteiger partial charge in [0.2, 0.25) is 0 Å². The predicted molar refractivity (Wildman–Crippen MR) is 102 cm³/mol. The number of nitrogens with two attached hydrogens (primary N) is 1. The lowest BCUT2D eigenvalue weighted by Crippen LogP contribution is -2.30. The summed E-state index contributed by atoms with van der Waals surface area (Å²) < 4.78 is 41.3. The lowest BCUT2D eigenvalue weighted by molar-refractivity contribution is 0.590. The van der Waals surface area contributed by atoms with Crippen molar-refractivity contribution in [2.24, 2.45) is 0 Å². The van der Waals surface area contributed by atoms with E-state index >= 15 is 0 Å². The normalized spacial score (nSPS) is 11.3. The molecule has 0 aliphatic carbocycles. The Labute approximate surface area is 152 Å². The van der Waals surface area contributed by atoms with Crippen molar-refractivity contribution in [3.05, 3.63) is 89.7 Å². The molecule has 0 aromatic heterocycles. The van der Waals surface area contributed by atoms with Crippen LogP contribution >= 0.6 is 0 Å². The average Bonchev–Trinajstić information content (AvgIpc) is 2.61. The molecule has 0 saturated carbocycles. The van der Waals surface area contributed by atoms with Gasteiger partial charge in [-0.1, -0.05) is 35.9 Å². The molecule has 0 radical (unpaired) electrons. The van der Waals surface area contributed by atoms with Crippen molar-refractivity contribution in [2.45, 2.75) is 18.4 Å². The largest absolute Gasteiger partial charge is 0.399 e. The summed E-state index contributed by atoms with van der Waals surface area (Å²) >= 11 is 0. The topological polar surface area (TPSA) is 63.4 Å². The number of sulfonamides is 1. The fraction of sp³-hybridized carbons (Fsp3) is 0.100. The van der Waals surface area contributed by atoms with Gasteiger partial charge >= 0.3 is 0 Å². The number of hydrogen-bond acceptors (Lipinski definition) is 3. The molecule has 4 nitrogen and oxygen atoms in total. The van der Waals surface area contributed by atoms with Crippen LogP contribution in [-0.4, -0.2) is 8.42 Å². The SMILES string of the molecule is Cc1ccc(CN(c2cccc(F)c2)S(=O)(=O)c2ccc(N)cc2)cc1. The molecule has 3 aromatic rings. The number of rotatable bonds is 5. The maximum absolute atomic E-state index is 13.7. The molecule has 0 unspecified atom stereocenters. The molecule has 2 N–H and O–H groups in total. The van der Waals surface area contributed by atoms with Crippen LogP contribution in [0.1, 0.15) is 11.1 Å². The van der Waals surface area contributed by atoms with Crippen LogP contribution in [0.3, 0.4) is 0 Å². The van der Waals surface area contributed by atoms with E-state index in [2.05, 4.69) is 0 Å². The van der Waals surface area contributed by atoms with Gasteiger partial charge in [0.1, 0.15) is 5.82 Å². The molecule has 134 valence electrons. The maximum Gasteiger partial charge on any atom is 0.264 e. The first-order chi connectivity index (χ1) is 12.4. The van der Waals surface area contributed by atoms with Gasteiger partial charge in [-0.15, -0.1) is 0 Å². The van der Waals surface area contributed by atoms with Gasteiger partial charge in [0, 0.05) is 5.69 Å². The molecule has 0 spiro atoms. The second kappa shape index (κ2) is 7.17. The molecule has 0 heterocycles. The molecule has 0 amide bonds. The fourth-order valence-electron chi connectivity index (χ4n) is 2.57. The monoisotopic (exact) mass is 370 g/mol. The number of nitrogens with zero attached hydrogens (tertiary/aromatic N) is 1. The summed E-state index contributed by atoms with van der Waals surface area (Å²) in [6.07, 6.45) is 0. The molecule has 6 heteroatoms. The molecule has 0 saturated heterocycles. The third-order valence-electron chi connectivity index (χ3n) is 4.01. The van der Waals surface area contributed by atoms with Gasteiger partial charge in [-0.05, 0) is 55.0 Å². The second-order valence-electron chi connectivity index (χ2n) is 6.05. The minimum atomic E-state index is -3.88. The second-order valence-corrected chi connectivity index (χ2v) is 7.91. The van der Waals surface area contributed by atoms with Crippen LogP contribution in [0.25, 0.3) is 0 Å². The molecule has 0 fully saturated rings. The van der Waals surface area contributed by atoms with Crippen LogP contribution in [-0.2, 0) is 16.6 Å². The number of hydrogen-bond donors (Lipinski definition) is 1. The summed E-state index contributed by atoms with van der Waals surface area (Å²) in [5.41, 5.74) is 8.28. The Morgan fingerprint density at radius 3 is 2.23 bits per heavy atom. The Morgan fingerprint density at radius 1 is 0.962 bits per heavy atom. The maximum atomic E-state index is 13.7. The molecule has 3 rings (SSSR count). The van der Waals surface area contributed by atoms with Crippen LogP contribution < -0.4 is 10.0 Å². The zero-order chi connectivity index (χ0) is 18.7. The summed E-state index contributed by atoms with van der Waals surface area (Å²) in [5, 5.41) is 0. The van der Waals surface area contributed by atoms with E-state index in [1.807, 2.05) is 31.2 Å². The molecule has 26 heavy (non-hydrogen) atoms. The van der Waals surface area contributed by atoms with Crippen molar-refractivity contribution < 1.29 is 12.8 Å². The van der Waals surface area contributed by atoms with E-state index in [4.69, 9.17) is 5.73 Å². The minimum absolute atomic E-state index is 0.0937. The van der Waals surface area contributed by atoms with Crippen molar-refractivity contribution in [2.75, 3.05) is 10.0 Å². The Hall–Kier alpha value is -2.86. The van der Waals surface area contributed by atoms with E-state index in [0.717, 1.165) is 11.1 Å². The lowest BCUT2D eigenvalue weighted by Gasteiger charge is -2.25. The number of nitrogen functional groups attached to an aromatic ring is 1. The quantitative estimate of drug-likeness (QED) is 0.688. The van der Waals surface area contributed by atoms with Crippen molar-refractivity contribution in [1.82, 2.24) is 0 Å². The van der Waals surface area contributed by atoms with Crippen LogP contribution in [0.2, 0.25) is 0 Å². The van der Waals surface area contributed by atoms with E-state index in [-0.39, 0.29) is 17.1 Å². The van der Waals surface area contributed by atoms with Crippen molar-refractivity contribution >= 4 is 21.4 Å². The summed E-state index contributed by atoms with van der Waals surface area (Å²) in [7, 11) is -3.88. The highest BCUT2D eigenvalue weighted by molar-refractivity contribution is 7.92. The van der Waals surface area contributed by atoms with E-state index < -0.39 is 15.8 Å². The van der Waals surface area contributed by atoms with Crippen LogP contribution in [0.15, 0.2) is 77.7 Å². The summed E-state index contributed by atoms with van der Waals surface area (Å²) in [4.78, 5) is 0.100. The third-order valence-corrected chi connectivity index (χ3v) is 5.80. The van der Waals surface area contributed by atoms with Gasteiger partial charge in [-0.25, -0.2) is 12.8 Å². The Balaban J connectivity index is 2.07. The first-order valence-corrected chi connectivity index (χ1v) is 9.50. The fourth-order valence-corrected chi connectivity index (χ4v) is 4.02. The van der Waals surface area contributed by atoms with Gasteiger partial charge in [-0.2, -0.15) is 0 Å². The Kier molecular flexibility index (Phi) is 4.95. The van der Waals surface area contributed by atoms with E-state index in [0.29, 0.717) is 5.69 Å². The molecule has 3 aromatic carbocycles. The highest BCUT2D eigenvalue weighted by Gasteiger charge is 2.25. The van der Waals surface area contributed by atoms with Crippen LogP contribution in [0.5, 0.6) is 0 Å². The molecule has 0 bridgehead atoms. The zero-order valence-electron chi connectivity index (χ0n) is 14.3. The summed E-state index contributed by atoms with van der Waals surface area (Å²) in [6, 6.07) is 19.1. The standard InChI is InChI=1S/C20H19FN2O2S/c1-15-5-7-16(8-6-15)14-23(19-4-2-3-17(21)13-19)26(24,25)20-11-9-18(22)10-12-20/h2-13H,14,22H2,1H3. The lowest BCUT2D eigenvalue weighted by atomic mass is 10.1. The predicted octanol–water partition coefficient (Wildman–Crippen LogP) is 4.11. The van der Waals surface area contributed by atoms with Gasteiger partial charge in [0.15, 0.2) is 0 Å². The number of anilines is 2. The number of aryl methyl sites for hydroxylation is 1. The number of benzene rings is 3. The van der Waals surface area contributed by atoms with Crippen molar-refractivity contribution in [3.63, 3.8) is 0 Å².